The van der Waals surface area contributed by atoms with Crippen molar-refractivity contribution >= 4 is 6.29 Å². The Bertz CT molecular complexity index is 323. The average Bonchev–Trinajstić information content (AvgIpc) is 2.59. The summed E-state index contributed by atoms with van der Waals surface area (Å²) in [5.41, 5.74) is 0.492. The minimum absolute atomic E-state index is 0.395. The van der Waals surface area contributed by atoms with Crippen LogP contribution in [0.2, 0.25) is 0 Å². The van der Waals surface area contributed by atoms with Gasteiger partial charge in [-0.15, -0.1) is 0 Å². The van der Waals surface area contributed by atoms with Crippen molar-refractivity contribution in [1.29, 1.82) is 0 Å². The van der Waals surface area contributed by atoms with Crippen molar-refractivity contribution in [1.82, 2.24) is 0 Å². The highest BCUT2D eigenvalue weighted by atomic mass is 16.8. The molecule has 0 aromatic heterocycles. The van der Waals surface area contributed by atoms with Gasteiger partial charge in [0, 0.05) is 12.7 Å². The summed E-state index contributed by atoms with van der Waals surface area (Å²) in [7, 11) is 1.00. The molecule has 0 saturated carbocycles. The molecule has 1 aliphatic rings. The van der Waals surface area contributed by atoms with Crippen LogP contribution in [0.25, 0.3) is 0 Å². The van der Waals surface area contributed by atoms with Crippen LogP contribution >= 0.6 is 0 Å². The Kier molecular flexibility index (Phi) is 3.44. The van der Waals surface area contributed by atoms with Gasteiger partial charge in [0.25, 0.3) is 0 Å². The summed E-state index contributed by atoms with van der Waals surface area (Å²) in [5, 5.41) is 15.9. The fourth-order valence-electron chi connectivity index (χ4n) is 1.03. The van der Waals surface area contributed by atoms with E-state index in [0.717, 1.165) is 7.11 Å². The zero-order valence-electron chi connectivity index (χ0n) is 7.51. The Morgan fingerprint density at radius 3 is 2.57 bits per heavy atom. The van der Waals surface area contributed by atoms with E-state index in [2.05, 4.69) is 0 Å². The molecule has 0 bridgehead atoms. The van der Waals surface area contributed by atoms with E-state index in [1.165, 1.54) is 6.07 Å². The minimum Gasteiger partial charge on any atom is -0.428 e. The predicted octanol–water partition coefficient (Wildman–Crippen LogP) is 0.155. The van der Waals surface area contributed by atoms with Crippen molar-refractivity contribution < 1.29 is 24.5 Å². The van der Waals surface area contributed by atoms with Crippen LogP contribution in [0, 0.1) is 0 Å². The van der Waals surface area contributed by atoms with Gasteiger partial charge in [0.1, 0.15) is 6.29 Å². The summed E-state index contributed by atoms with van der Waals surface area (Å²) in [6, 6.07) is 4.68. The fraction of sp³-hybridized carbons (Fsp3) is 0.222. The monoisotopic (exact) mass is 198 g/mol. The molecule has 5 heteroatoms. The lowest BCUT2D eigenvalue weighted by molar-refractivity contribution is -0.133. The fourth-order valence-corrected chi connectivity index (χ4v) is 1.03. The van der Waals surface area contributed by atoms with Gasteiger partial charge < -0.3 is 19.7 Å². The highest BCUT2D eigenvalue weighted by Crippen LogP contribution is 2.34. The maximum atomic E-state index is 10.3. The van der Waals surface area contributed by atoms with Gasteiger partial charge in [0.2, 0.25) is 0 Å². The third kappa shape index (κ3) is 2.01. The lowest BCUT2D eigenvalue weighted by atomic mass is 10.2. The van der Waals surface area contributed by atoms with Crippen LogP contribution in [0.4, 0.5) is 0 Å². The second-order valence-electron chi connectivity index (χ2n) is 2.37. The summed E-state index contributed by atoms with van der Waals surface area (Å²) in [5.74, 6) is 0.847. The molecule has 1 aromatic carbocycles. The number of aliphatic hydroxyl groups is 2. The van der Waals surface area contributed by atoms with E-state index < -0.39 is 6.48 Å². The standard InChI is InChI=1S/C8H6O4.CH4O/c9-4-5-1-2-6-7(3-5)12-8(10)11-6;1-2/h1-4,8,10H;2H,1H3. The topological polar surface area (TPSA) is 76.0 Å². The van der Waals surface area contributed by atoms with Gasteiger partial charge in [-0.3, -0.25) is 4.79 Å². The number of aliphatic hydroxyl groups excluding tert-OH is 2. The van der Waals surface area contributed by atoms with Crippen LogP contribution in [0.5, 0.6) is 11.5 Å². The molecule has 0 aliphatic carbocycles. The molecule has 5 nitrogen and oxygen atoms in total. The molecular formula is C9H10O5. The smallest absolute Gasteiger partial charge is 0.358 e. The Labute approximate surface area is 80.5 Å². The van der Waals surface area contributed by atoms with Crippen molar-refractivity contribution in [2.24, 2.45) is 0 Å². The van der Waals surface area contributed by atoms with Gasteiger partial charge in [-0.1, -0.05) is 0 Å². The first-order valence-corrected chi connectivity index (χ1v) is 3.85. The number of fused-ring (bicyclic) bond motifs is 1. The van der Waals surface area contributed by atoms with E-state index in [0.29, 0.717) is 23.3 Å². The first kappa shape index (κ1) is 10.5. The van der Waals surface area contributed by atoms with Crippen LogP contribution in [-0.4, -0.2) is 30.1 Å². The van der Waals surface area contributed by atoms with Crippen molar-refractivity contribution in [2.45, 2.75) is 6.48 Å². The number of aldehydes is 1. The summed E-state index contributed by atoms with van der Waals surface area (Å²) in [6.45, 7) is -1.25. The van der Waals surface area contributed by atoms with Gasteiger partial charge in [-0.2, -0.15) is 0 Å². The van der Waals surface area contributed by atoms with Crippen molar-refractivity contribution in [3.8, 4) is 11.5 Å². The molecule has 76 valence electrons. The molecule has 0 amide bonds. The van der Waals surface area contributed by atoms with Gasteiger partial charge in [-0.25, -0.2) is 0 Å². The molecule has 1 aromatic rings. The third-order valence-corrected chi connectivity index (χ3v) is 1.56. The number of rotatable bonds is 1. The first-order valence-electron chi connectivity index (χ1n) is 3.85. The van der Waals surface area contributed by atoms with E-state index in [9.17, 15) is 4.79 Å². The zero-order chi connectivity index (χ0) is 10.6. The maximum Gasteiger partial charge on any atom is 0.358 e. The van der Waals surface area contributed by atoms with Crippen LogP contribution in [0.1, 0.15) is 10.4 Å². The normalized spacial score (nSPS) is 16.9. The second kappa shape index (κ2) is 4.59. The van der Waals surface area contributed by atoms with E-state index in [1.807, 2.05) is 0 Å². The summed E-state index contributed by atoms with van der Waals surface area (Å²) in [4.78, 5) is 10.3. The molecule has 1 atom stereocenters. The Morgan fingerprint density at radius 2 is 1.93 bits per heavy atom. The van der Waals surface area contributed by atoms with E-state index in [1.54, 1.807) is 12.1 Å². The number of carbonyl (C=O) groups is 1. The molecule has 14 heavy (non-hydrogen) atoms. The number of ether oxygens (including phenoxy) is 2. The number of hydrogen-bond acceptors (Lipinski definition) is 5. The minimum atomic E-state index is -1.25. The van der Waals surface area contributed by atoms with Crippen molar-refractivity contribution in [3.05, 3.63) is 23.8 Å². The SMILES string of the molecule is CO.O=Cc1ccc2c(c1)OC(O)O2. The average molecular weight is 198 g/mol. The molecule has 1 heterocycles. The van der Waals surface area contributed by atoms with Gasteiger partial charge >= 0.3 is 6.48 Å². The number of carbonyl (C=O) groups excluding carboxylic acids is 1. The third-order valence-electron chi connectivity index (χ3n) is 1.56. The van der Waals surface area contributed by atoms with E-state index in [4.69, 9.17) is 19.7 Å². The largest absolute Gasteiger partial charge is 0.428 e. The highest BCUT2D eigenvalue weighted by Gasteiger charge is 2.21. The Hall–Kier alpha value is -1.59. The molecule has 0 fully saturated rings. The van der Waals surface area contributed by atoms with Crippen LogP contribution in [-0.2, 0) is 0 Å². The molecule has 0 saturated heterocycles. The Morgan fingerprint density at radius 1 is 1.29 bits per heavy atom. The van der Waals surface area contributed by atoms with Crippen LogP contribution < -0.4 is 9.47 Å². The van der Waals surface area contributed by atoms with Gasteiger partial charge in [-0.05, 0) is 18.2 Å². The lowest BCUT2D eigenvalue weighted by Crippen LogP contribution is -2.15. The molecule has 2 rings (SSSR count). The maximum absolute atomic E-state index is 10.3. The predicted molar refractivity (Wildman–Crippen MR) is 47.2 cm³/mol. The van der Waals surface area contributed by atoms with Crippen LogP contribution in [0.3, 0.4) is 0 Å². The Balaban J connectivity index is 0.000000461. The molecule has 1 unspecified atom stereocenters. The summed E-state index contributed by atoms with van der Waals surface area (Å²) >= 11 is 0. The van der Waals surface area contributed by atoms with Crippen molar-refractivity contribution in [2.75, 3.05) is 7.11 Å². The molecule has 1 aliphatic heterocycles. The van der Waals surface area contributed by atoms with E-state index >= 15 is 0 Å². The van der Waals surface area contributed by atoms with Gasteiger partial charge in [0.05, 0.1) is 0 Å². The summed E-state index contributed by atoms with van der Waals surface area (Å²) < 4.78 is 9.65. The highest BCUT2D eigenvalue weighted by molar-refractivity contribution is 5.76. The molecule has 2 N–H and O–H groups in total. The number of hydrogen-bond donors (Lipinski definition) is 2. The van der Waals surface area contributed by atoms with Crippen LogP contribution in [0.15, 0.2) is 18.2 Å². The lowest BCUT2D eigenvalue weighted by Gasteiger charge is -1.97. The second-order valence-corrected chi connectivity index (χ2v) is 2.37. The molecule has 0 radical (unpaired) electrons. The quantitative estimate of drug-likeness (QED) is 0.628. The van der Waals surface area contributed by atoms with E-state index in [-0.39, 0.29) is 0 Å². The zero-order valence-corrected chi connectivity index (χ0v) is 7.51. The molecule has 0 spiro atoms. The molecular weight excluding hydrogens is 188 g/mol. The van der Waals surface area contributed by atoms with Crippen molar-refractivity contribution in [3.63, 3.8) is 0 Å². The number of benzene rings is 1. The summed E-state index contributed by atoms with van der Waals surface area (Å²) in [6.07, 6.45) is 0.703. The first-order chi connectivity index (χ1) is 6.79. The van der Waals surface area contributed by atoms with Gasteiger partial charge in [0.15, 0.2) is 11.5 Å².